The van der Waals surface area contributed by atoms with Gasteiger partial charge in [0.2, 0.25) is 0 Å². The van der Waals surface area contributed by atoms with E-state index in [0.717, 1.165) is 11.1 Å². The van der Waals surface area contributed by atoms with E-state index in [2.05, 4.69) is 5.32 Å². The summed E-state index contributed by atoms with van der Waals surface area (Å²) in [5.74, 6) is -1.01. The van der Waals surface area contributed by atoms with Crippen LogP contribution in [0.4, 0.5) is 5.69 Å². The van der Waals surface area contributed by atoms with Crippen molar-refractivity contribution >= 4 is 17.6 Å². The first kappa shape index (κ1) is 19.8. The lowest BCUT2D eigenvalue weighted by Gasteiger charge is -2.15. The van der Waals surface area contributed by atoms with E-state index < -0.39 is 18.0 Å². The summed E-state index contributed by atoms with van der Waals surface area (Å²) < 4.78 is 5.39. The van der Waals surface area contributed by atoms with Crippen LogP contribution in [0.3, 0.4) is 0 Å². The van der Waals surface area contributed by atoms with Crippen molar-refractivity contribution in [2.45, 2.75) is 19.4 Å². The molecule has 3 aromatic rings. The van der Waals surface area contributed by atoms with Crippen molar-refractivity contribution in [1.82, 2.24) is 0 Å². The molecule has 3 aromatic carbocycles. The molecule has 1 amide bonds. The molecule has 0 unspecified atom stereocenters. The fourth-order valence-corrected chi connectivity index (χ4v) is 2.88. The van der Waals surface area contributed by atoms with Crippen molar-refractivity contribution in [3.05, 3.63) is 101 Å². The first-order valence-corrected chi connectivity index (χ1v) is 9.20. The minimum atomic E-state index is -0.988. The Balaban J connectivity index is 1.68. The largest absolute Gasteiger partial charge is 0.449 e. The molecular weight excluding hydrogens is 364 g/mol. The molecule has 0 aliphatic heterocycles. The molecule has 0 bridgehead atoms. The fraction of sp³-hybridized carbons (Fsp3) is 0.125. The average Bonchev–Trinajstić information content (AvgIpc) is 2.75. The second-order valence-electron chi connectivity index (χ2n) is 6.55. The molecule has 144 valence electrons. The predicted octanol–water partition coefficient (Wildman–Crippen LogP) is 4.33. The normalized spacial score (nSPS) is 11.2. The number of esters is 1. The van der Waals surface area contributed by atoms with Gasteiger partial charge in [-0.25, -0.2) is 4.79 Å². The lowest BCUT2D eigenvalue weighted by atomic mass is 10.00. The summed E-state index contributed by atoms with van der Waals surface area (Å²) in [5.41, 5.74) is 3.25. The molecule has 5 heteroatoms. The number of carbonyl (C=O) groups is 2. The summed E-state index contributed by atoms with van der Waals surface area (Å²) >= 11 is 0. The molecule has 0 heterocycles. The number of rotatable bonds is 6. The number of nitriles is 1. The van der Waals surface area contributed by atoms with Crippen molar-refractivity contribution in [3.8, 4) is 6.07 Å². The number of benzene rings is 3. The molecule has 3 rings (SSSR count). The van der Waals surface area contributed by atoms with Crippen molar-refractivity contribution < 1.29 is 14.3 Å². The first-order chi connectivity index (χ1) is 14.1. The highest BCUT2D eigenvalue weighted by Gasteiger charge is 2.21. The number of ether oxygens (including phenoxy) is 1. The molecule has 5 nitrogen and oxygen atoms in total. The molecule has 0 spiro atoms. The van der Waals surface area contributed by atoms with Crippen LogP contribution in [0.2, 0.25) is 0 Å². The Kier molecular flexibility index (Phi) is 6.39. The van der Waals surface area contributed by atoms with Crippen molar-refractivity contribution in [2.75, 3.05) is 5.32 Å². The van der Waals surface area contributed by atoms with Crippen LogP contribution in [0.1, 0.15) is 34.0 Å². The summed E-state index contributed by atoms with van der Waals surface area (Å²) in [4.78, 5) is 25.1. The van der Waals surface area contributed by atoms with E-state index in [-0.39, 0.29) is 0 Å². The second-order valence-corrected chi connectivity index (χ2v) is 6.55. The highest BCUT2D eigenvalue weighted by molar-refractivity contribution is 5.98. The zero-order chi connectivity index (χ0) is 20.6. The minimum Gasteiger partial charge on any atom is -0.449 e. The van der Waals surface area contributed by atoms with Crippen LogP contribution in [0.5, 0.6) is 0 Å². The van der Waals surface area contributed by atoms with Gasteiger partial charge in [0.25, 0.3) is 5.91 Å². The Morgan fingerprint density at radius 3 is 2.48 bits per heavy atom. The highest BCUT2D eigenvalue weighted by atomic mass is 16.5. The molecular formula is C24H20N2O3. The number of hydrogen-bond acceptors (Lipinski definition) is 4. The zero-order valence-corrected chi connectivity index (χ0v) is 16.0. The predicted molar refractivity (Wildman–Crippen MR) is 110 cm³/mol. The summed E-state index contributed by atoms with van der Waals surface area (Å²) in [6.45, 7) is 1.52. The summed E-state index contributed by atoms with van der Waals surface area (Å²) in [6.07, 6.45) is -0.397. The van der Waals surface area contributed by atoms with E-state index in [9.17, 15) is 9.59 Å². The van der Waals surface area contributed by atoms with Gasteiger partial charge < -0.3 is 10.1 Å². The quantitative estimate of drug-likeness (QED) is 0.642. The third-order valence-corrected chi connectivity index (χ3v) is 4.39. The third-order valence-electron chi connectivity index (χ3n) is 4.39. The number of nitrogens with zero attached hydrogens (tertiary/aromatic N) is 1. The molecule has 0 fully saturated rings. The Hall–Kier alpha value is -3.91. The SMILES string of the molecule is C[C@H](OC(=O)c1ccccc1Cc1ccccc1)C(=O)Nc1cccc(C#N)c1. The molecule has 0 aliphatic carbocycles. The van der Waals surface area contributed by atoms with E-state index in [4.69, 9.17) is 10.00 Å². The van der Waals surface area contributed by atoms with Crippen molar-refractivity contribution in [3.63, 3.8) is 0 Å². The van der Waals surface area contributed by atoms with Crippen LogP contribution in [0, 0.1) is 11.3 Å². The molecule has 29 heavy (non-hydrogen) atoms. The Morgan fingerprint density at radius 1 is 1.00 bits per heavy atom. The van der Waals surface area contributed by atoms with Gasteiger partial charge >= 0.3 is 5.97 Å². The standard InChI is InChI=1S/C24H20N2O3/c1-17(23(27)26-21-12-7-10-19(15-21)16-25)29-24(28)22-13-6-5-11-20(22)14-18-8-3-2-4-9-18/h2-13,15,17H,14H2,1H3,(H,26,27)/t17-/m0/s1. The van der Waals surface area contributed by atoms with Crippen LogP contribution in [-0.4, -0.2) is 18.0 Å². The van der Waals surface area contributed by atoms with Crippen molar-refractivity contribution in [2.24, 2.45) is 0 Å². The Bertz CT molecular complexity index is 1050. The lowest BCUT2D eigenvalue weighted by Crippen LogP contribution is -2.30. The van der Waals surface area contributed by atoms with Gasteiger partial charge in [0, 0.05) is 5.69 Å². The smallest absolute Gasteiger partial charge is 0.339 e. The number of hydrogen-bond donors (Lipinski definition) is 1. The van der Waals surface area contributed by atoms with Crippen LogP contribution < -0.4 is 5.32 Å². The highest BCUT2D eigenvalue weighted by Crippen LogP contribution is 2.17. The monoisotopic (exact) mass is 384 g/mol. The molecule has 0 saturated heterocycles. The van der Waals surface area contributed by atoms with Gasteiger partial charge in [-0.1, -0.05) is 54.6 Å². The maximum absolute atomic E-state index is 12.7. The van der Waals surface area contributed by atoms with Gasteiger partial charge in [0.15, 0.2) is 6.10 Å². The van der Waals surface area contributed by atoms with Gasteiger partial charge in [0.1, 0.15) is 0 Å². The number of amides is 1. The van der Waals surface area contributed by atoms with E-state index in [1.54, 1.807) is 36.4 Å². The second kappa shape index (κ2) is 9.34. The average molecular weight is 384 g/mol. The number of nitrogens with one attached hydrogen (secondary N) is 1. The molecule has 1 N–H and O–H groups in total. The van der Waals surface area contributed by atoms with Gasteiger partial charge in [0.05, 0.1) is 17.2 Å². The van der Waals surface area contributed by atoms with Gasteiger partial charge in [-0.15, -0.1) is 0 Å². The molecule has 1 atom stereocenters. The number of anilines is 1. The molecule has 0 radical (unpaired) electrons. The van der Waals surface area contributed by atoms with Crippen LogP contribution >= 0.6 is 0 Å². The van der Waals surface area contributed by atoms with Crippen LogP contribution in [0.15, 0.2) is 78.9 Å². The van der Waals surface area contributed by atoms with Crippen molar-refractivity contribution in [1.29, 1.82) is 5.26 Å². The first-order valence-electron chi connectivity index (χ1n) is 9.20. The van der Waals surface area contributed by atoms with E-state index >= 15 is 0 Å². The summed E-state index contributed by atoms with van der Waals surface area (Å²) in [6, 6.07) is 25.6. The number of carbonyl (C=O) groups excluding carboxylic acids is 2. The Labute approximate surface area is 169 Å². The van der Waals surface area contributed by atoms with Gasteiger partial charge in [-0.3, -0.25) is 4.79 Å². The summed E-state index contributed by atoms with van der Waals surface area (Å²) in [5, 5.41) is 11.6. The van der Waals surface area contributed by atoms with E-state index in [1.807, 2.05) is 48.5 Å². The molecule has 0 aromatic heterocycles. The molecule has 0 saturated carbocycles. The van der Waals surface area contributed by atoms with Gasteiger partial charge in [-0.2, -0.15) is 5.26 Å². The van der Waals surface area contributed by atoms with Gasteiger partial charge in [-0.05, 0) is 48.7 Å². The van der Waals surface area contributed by atoms with Crippen LogP contribution in [-0.2, 0) is 16.0 Å². The maximum Gasteiger partial charge on any atom is 0.339 e. The lowest BCUT2D eigenvalue weighted by molar-refractivity contribution is -0.123. The zero-order valence-electron chi connectivity index (χ0n) is 16.0. The maximum atomic E-state index is 12.7. The molecule has 0 aliphatic rings. The fourth-order valence-electron chi connectivity index (χ4n) is 2.88. The Morgan fingerprint density at radius 2 is 1.72 bits per heavy atom. The topological polar surface area (TPSA) is 79.2 Å². The minimum absolute atomic E-state index is 0.433. The third kappa shape index (κ3) is 5.30. The van der Waals surface area contributed by atoms with Crippen LogP contribution in [0.25, 0.3) is 0 Å². The summed E-state index contributed by atoms with van der Waals surface area (Å²) in [7, 11) is 0. The van der Waals surface area contributed by atoms with E-state index in [1.165, 1.54) is 6.92 Å². The van der Waals surface area contributed by atoms with E-state index in [0.29, 0.717) is 23.2 Å².